The Morgan fingerprint density at radius 2 is 1.82 bits per heavy atom. The summed E-state index contributed by atoms with van der Waals surface area (Å²) in [7, 11) is 0. The second kappa shape index (κ2) is 8.57. The summed E-state index contributed by atoms with van der Waals surface area (Å²) in [5.41, 5.74) is 2.13. The maximum atomic E-state index is 12.0. The summed E-state index contributed by atoms with van der Waals surface area (Å²) in [6.45, 7) is 4.02. The van der Waals surface area contributed by atoms with Gasteiger partial charge in [-0.1, -0.05) is 49.4 Å². The fourth-order valence-electron chi connectivity index (χ4n) is 2.37. The van der Waals surface area contributed by atoms with E-state index >= 15 is 0 Å². The zero-order valence-corrected chi connectivity index (χ0v) is 16.1. The summed E-state index contributed by atoms with van der Waals surface area (Å²) in [6, 6.07) is 13.6. The molecule has 3 aromatic rings. The van der Waals surface area contributed by atoms with E-state index in [1.807, 2.05) is 12.1 Å². The first-order valence-electron chi connectivity index (χ1n) is 8.53. The molecule has 1 N–H and O–H groups in total. The number of carbonyl (C=O) groups excluding carboxylic acids is 1. The van der Waals surface area contributed by atoms with Crippen LogP contribution in [0.15, 0.2) is 48.5 Å². The molecule has 1 amide bonds. The number of nitro benzene ring substituents is 1. The topological polar surface area (TPSA) is 107 Å². The third-order valence-electron chi connectivity index (χ3n) is 3.91. The zero-order valence-electron chi connectivity index (χ0n) is 15.3. The number of carbonyl (C=O) groups is 1. The third kappa shape index (κ3) is 4.89. The molecule has 3 rings (SSSR count). The van der Waals surface area contributed by atoms with Crippen molar-refractivity contribution in [3.63, 3.8) is 0 Å². The quantitative estimate of drug-likeness (QED) is 0.471. The number of anilines is 1. The molecule has 0 saturated heterocycles. The Labute approximate surface area is 165 Å². The van der Waals surface area contributed by atoms with Gasteiger partial charge in [-0.05, 0) is 23.6 Å². The Kier molecular flexibility index (Phi) is 5.95. The number of nitrogens with one attached hydrogen (secondary N) is 1. The van der Waals surface area contributed by atoms with E-state index in [4.69, 9.17) is 4.74 Å². The first-order valence-corrected chi connectivity index (χ1v) is 9.35. The Morgan fingerprint density at radius 3 is 2.43 bits per heavy atom. The first kappa shape index (κ1) is 19.4. The molecule has 0 saturated carbocycles. The molecule has 1 aromatic heterocycles. The van der Waals surface area contributed by atoms with Crippen molar-refractivity contribution >= 4 is 28.1 Å². The average molecular weight is 398 g/mol. The van der Waals surface area contributed by atoms with Crippen LogP contribution in [0.5, 0.6) is 5.75 Å². The van der Waals surface area contributed by atoms with Crippen LogP contribution in [0.2, 0.25) is 0 Å². The lowest BCUT2D eigenvalue weighted by Crippen LogP contribution is -2.20. The lowest BCUT2D eigenvalue weighted by molar-refractivity contribution is -0.384. The second-order valence-electron chi connectivity index (χ2n) is 6.28. The number of ether oxygens (including phenoxy) is 1. The molecule has 28 heavy (non-hydrogen) atoms. The molecular formula is C19H18N4O4S. The number of hydrogen-bond acceptors (Lipinski definition) is 7. The Balaban J connectivity index is 1.55. The second-order valence-corrected chi connectivity index (χ2v) is 7.25. The maximum absolute atomic E-state index is 12.0. The van der Waals surface area contributed by atoms with Crippen LogP contribution < -0.4 is 10.1 Å². The van der Waals surface area contributed by atoms with Crippen LogP contribution in [0, 0.1) is 10.1 Å². The molecule has 144 valence electrons. The van der Waals surface area contributed by atoms with Gasteiger partial charge in [-0.3, -0.25) is 20.2 Å². The van der Waals surface area contributed by atoms with Crippen molar-refractivity contribution in [2.75, 3.05) is 11.9 Å². The molecule has 0 unspecified atom stereocenters. The van der Waals surface area contributed by atoms with E-state index in [2.05, 4.69) is 41.5 Å². The highest BCUT2D eigenvalue weighted by Crippen LogP contribution is 2.27. The highest BCUT2D eigenvalue weighted by molar-refractivity contribution is 7.18. The van der Waals surface area contributed by atoms with Gasteiger partial charge in [0.2, 0.25) is 5.13 Å². The van der Waals surface area contributed by atoms with E-state index in [1.54, 1.807) is 0 Å². The van der Waals surface area contributed by atoms with Crippen molar-refractivity contribution in [2.24, 2.45) is 0 Å². The number of aromatic nitrogens is 2. The van der Waals surface area contributed by atoms with Gasteiger partial charge in [-0.2, -0.15) is 0 Å². The number of amides is 1. The molecule has 2 aromatic carbocycles. The van der Waals surface area contributed by atoms with Crippen molar-refractivity contribution in [2.45, 2.75) is 19.8 Å². The average Bonchev–Trinajstić information content (AvgIpc) is 3.15. The molecule has 0 spiro atoms. The molecule has 0 aliphatic carbocycles. The van der Waals surface area contributed by atoms with Crippen LogP contribution in [0.1, 0.15) is 25.3 Å². The number of benzene rings is 2. The van der Waals surface area contributed by atoms with Crippen molar-refractivity contribution in [3.05, 3.63) is 64.2 Å². The van der Waals surface area contributed by atoms with Gasteiger partial charge in [0.05, 0.1) is 4.92 Å². The van der Waals surface area contributed by atoms with Gasteiger partial charge in [-0.15, -0.1) is 10.2 Å². The fraction of sp³-hybridized carbons (Fsp3) is 0.211. The number of rotatable bonds is 7. The zero-order chi connectivity index (χ0) is 20.1. The third-order valence-corrected chi connectivity index (χ3v) is 4.80. The summed E-state index contributed by atoms with van der Waals surface area (Å²) in [5, 5.41) is 22.4. The number of nitrogens with zero attached hydrogens (tertiary/aromatic N) is 3. The van der Waals surface area contributed by atoms with Gasteiger partial charge in [0, 0.05) is 17.7 Å². The number of nitro groups is 1. The highest BCUT2D eigenvalue weighted by Gasteiger charge is 2.11. The van der Waals surface area contributed by atoms with Gasteiger partial charge in [0.15, 0.2) is 6.61 Å². The highest BCUT2D eigenvalue weighted by atomic mass is 32.1. The van der Waals surface area contributed by atoms with Crippen LogP contribution in [0.25, 0.3) is 10.6 Å². The minimum atomic E-state index is -0.500. The number of hydrogen-bond donors (Lipinski definition) is 1. The van der Waals surface area contributed by atoms with Crippen molar-refractivity contribution < 1.29 is 14.5 Å². The Hall–Kier alpha value is -3.33. The molecule has 0 aliphatic rings. The van der Waals surface area contributed by atoms with Gasteiger partial charge < -0.3 is 4.74 Å². The molecule has 0 atom stereocenters. The fourth-order valence-corrected chi connectivity index (χ4v) is 3.13. The first-order chi connectivity index (χ1) is 13.4. The van der Waals surface area contributed by atoms with Gasteiger partial charge in [0.25, 0.3) is 11.6 Å². The molecule has 9 heteroatoms. The van der Waals surface area contributed by atoms with Crippen molar-refractivity contribution in [1.29, 1.82) is 0 Å². The van der Waals surface area contributed by atoms with Crippen LogP contribution in [0.3, 0.4) is 0 Å². The molecular weight excluding hydrogens is 380 g/mol. The largest absolute Gasteiger partial charge is 0.484 e. The minimum Gasteiger partial charge on any atom is -0.484 e. The standard InChI is InChI=1S/C19H18N4O4S/c1-12(2)13-3-5-14(6-4-13)18-21-22-19(28-18)20-17(24)11-27-16-9-7-15(8-10-16)23(25)26/h3-10,12H,11H2,1-2H3,(H,20,22,24). The van der Waals surface area contributed by atoms with Crippen molar-refractivity contribution in [3.8, 4) is 16.3 Å². The summed E-state index contributed by atoms with van der Waals surface area (Å²) in [4.78, 5) is 22.1. The summed E-state index contributed by atoms with van der Waals surface area (Å²) < 4.78 is 5.32. The molecule has 0 bridgehead atoms. The Bertz CT molecular complexity index is 968. The predicted octanol–water partition coefficient (Wildman–Crippen LogP) is 4.25. The van der Waals surface area contributed by atoms with Crippen LogP contribution in [-0.2, 0) is 4.79 Å². The summed E-state index contributed by atoms with van der Waals surface area (Å²) in [6.07, 6.45) is 0. The molecule has 0 radical (unpaired) electrons. The Morgan fingerprint density at radius 1 is 1.14 bits per heavy atom. The maximum Gasteiger partial charge on any atom is 0.269 e. The lowest BCUT2D eigenvalue weighted by atomic mass is 10.0. The normalized spacial score (nSPS) is 10.7. The van der Waals surface area contributed by atoms with Crippen molar-refractivity contribution in [1.82, 2.24) is 10.2 Å². The SMILES string of the molecule is CC(C)c1ccc(-c2nnc(NC(=O)COc3ccc([N+](=O)[O-])cc3)s2)cc1. The van der Waals surface area contributed by atoms with E-state index in [-0.39, 0.29) is 12.3 Å². The smallest absolute Gasteiger partial charge is 0.269 e. The molecule has 0 aliphatic heterocycles. The van der Waals surface area contributed by atoms with Gasteiger partial charge in [-0.25, -0.2) is 0 Å². The minimum absolute atomic E-state index is 0.0420. The van der Waals surface area contributed by atoms with Crippen LogP contribution in [-0.4, -0.2) is 27.6 Å². The van der Waals surface area contributed by atoms with Crippen LogP contribution >= 0.6 is 11.3 Å². The van der Waals surface area contributed by atoms with E-state index in [0.29, 0.717) is 21.8 Å². The van der Waals surface area contributed by atoms with Crippen LogP contribution in [0.4, 0.5) is 10.8 Å². The van der Waals surface area contributed by atoms with Gasteiger partial charge in [0.1, 0.15) is 10.8 Å². The molecule has 1 heterocycles. The van der Waals surface area contributed by atoms with E-state index in [1.165, 1.54) is 41.2 Å². The summed E-state index contributed by atoms with van der Waals surface area (Å²) in [5.74, 6) is 0.425. The van der Waals surface area contributed by atoms with Gasteiger partial charge >= 0.3 is 0 Å². The predicted molar refractivity (Wildman–Crippen MR) is 107 cm³/mol. The lowest BCUT2D eigenvalue weighted by Gasteiger charge is -2.05. The summed E-state index contributed by atoms with van der Waals surface area (Å²) >= 11 is 1.27. The molecule has 8 nitrogen and oxygen atoms in total. The monoisotopic (exact) mass is 398 g/mol. The van der Waals surface area contributed by atoms with E-state index < -0.39 is 10.8 Å². The van der Waals surface area contributed by atoms with E-state index in [9.17, 15) is 14.9 Å². The molecule has 0 fully saturated rings. The number of non-ortho nitro benzene ring substituents is 1. The van der Waals surface area contributed by atoms with E-state index in [0.717, 1.165) is 5.56 Å².